The average Bonchev–Trinajstić information content (AvgIpc) is 3.41. The number of ether oxygens (including phenoxy) is 5. The van der Waals surface area contributed by atoms with Gasteiger partial charge in [-0.3, -0.25) is 14.4 Å². The van der Waals surface area contributed by atoms with Gasteiger partial charge in [0.2, 0.25) is 15.9 Å². The number of carbonyl (C=O) groups excluding carboxylic acids is 4. The van der Waals surface area contributed by atoms with Gasteiger partial charge in [-0.1, -0.05) is 39.0 Å². The lowest BCUT2D eigenvalue weighted by molar-refractivity contribution is -0.205. The van der Waals surface area contributed by atoms with Crippen LogP contribution in [0.2, 0.25) is 0 Å². The third-order valence-electron chi connectivity index (χ3n) is 12.5. The van der Waals surface area contributed by atoms with Gasteiger partial charge in [0.25, 0.3) is 0 Å². The molecule has 1 aromatic carbocycles. The molecule has 10 nitrogen and oxygen atoms in total. The number of esters is 4. The Balaban J connectivity index is 1.32. The first kappa shape index (κ1) is 29.3. The van der Waals surface area contributed by atoms with Gasteiger partial charge in [-0.15, -0.1) is 0 Å². The molecule has 4 heterocycles. The van der Waals surface area contributed by atoms with Crippen LogP contribution in [0.5, 0.6) is 5.75 Å². The van der Waals surface area contributed by atoms with Gasteiger partial charge in [0, 0.05) is 15.5 Å². The zero-order valence-corrected chi connectivity index (χ0v) is 26.7. The van der Waals surface area contributed by atoms with Crippen molar-refractivity contribution in [2.24, 2.45) is 21.7 Å². The van der Waals surface area contributed by atoms with Crippen LogP contribution in [0.4, 0.5) is 0 Å². The number of fused-ring (bicyclic) bond motifs is 7. The number of rotatable bonds is 4. The van der Waals surface area contributed by atoms with Gasteiger partial charge in [0.1, 0.15) is 12.4 Å². The van der Waals surface area contributed by atoms with Gasteiger partial charge >= 0.3 is 23.9 Å². The maximum absolute atomic E-state index is 14.3. The molecule has 2 aromatic rings. The van der Waals surface area contributed by atoms with E-state index in [-0.39, 0.29) is 17.8 Å². The topological polar surface area (TPSA) is 132 Å². The smallest absolute Gasteiger partial charge is 0.351 e. The van der Waals surface area contributed by atoms with E-state index < -0.39 is 68.9 Å². The SMILES string of the molecule is Cc1cc(=O)sc2c3c(ccc12)OC[C@@H](OC(=O)C12CCC(C)(C(=O)O1)C2(C)C)[C@@H]3OC(=O)C12CCC(C)(C(=O)O1)C2(C)C. The lowest BCUT2D eigenvalue weighted by Crippen LogP contribution is -2.53. The summed E-state index contributed by atoms with van der Waals surface area (Å²) in [6, 6.07) is 5.12. The van der Waals surface area contributed by atoms with Gasteiger partial charge in [-0.05, 0) is 75.6 Å². The Labute approximate surface area is 258 Å². The van der Waals surface area contributed by atoms with E-state index in [2.05, 4.69) is 0 Å². The van der Waals surface area contributed by atoms with Gasteiger partial charge in [0.05, 0.1) is 16.4 Å². The Kier molecular flexibility index (Phi) is 5.73. The standard InChI is InChI=1S/C33H36O10S/c1-16-14-20(34)44-23-17(16)8-9-18-21(23)22(41-27(38)33-13-11-31(7,25(36)43-33)29(33,4)5)19(15-39-18)40-26(37)32-12-10-30(6,24(35)42-32)28(32,2)3/h8-9,14,19,22H,10-13,15H2,1-7H3/t19-,22+,30?,31?,32?,33?/m1/s1. The van der Waals surface area contributed by atoms with Gasteiger partial charge in [-0.25, -0.2) is 9.59 Å². The molecule has 234 valence electrons. The monoisotopic (exact) mass is 624 g/mol. The summed E-state index contributed by atoms with van der Waals surface area (Å²) in [5, 5.41) is 0.764. The molecule has 11 heteroatoms. The number of hydrogen-bond donors (Lipinski definition) is 0. The van der Waals surface area contributed by atoms with Crippen molar-refractivity contribution in [2.45, 2.75) is 97.6 Å². The lowest BCUT2D eigenvalue weighted by atomic mass is 9.66. The van der Waals surface area contributed by atoms with Crippen LogP contribution in [0.25, 0.3) is 10.1 Å². The maximum Gasteiger partial charge on any atom is 0.351 e. The van der Waals surface area contributed by atoms with Crippen molar-refractivity contribution in [3.8, 4) is 5.75 Å². The van der Waals surface area contributed by atoms with Crippen LogP contribution < -0.4 is 9.48 Å². The van der Waals surface area contributed by atoms with Crippen LogP contribution in [0.1, 0.15) is 84.5 Å². The van der Waals surface area contributed by atoms with E-state index in [0.29, 0.717) is 35.3 Å². The van der Waals surface area contributed by atoms with Crippen molar-refractivity contribution in [3.63, 3.8) is 0 Å². The highest BCUT2D eigenvalue weighted by atomic mass is 32.1. The van der Waals surface area contributed by atoms with Crippen molar-refractivity contribution in [1.29, 1.82) is 0 Å². The lowest BCUT2D eigenvalue weighted by Gasteiger charge is -2.40. The molecule has 6 atom stereocenters. The fraction of sp³-hybridized carbons (Fsp3) is 0.606. The molecule has 2 aliphatic carbocycles. The van der Waals surface area contributed by atoms with Crippen LogP contribution >= 0.6 is 11.3 Å². The summed E-state index contributed by atoms with van der Waals surface area (Å²) in [6.07, 6.45) is -0.830. The molecule has 4 bridgehead atoms. The summed E-state index contributed by atoms with van der Waals surface area (Å²) in [5.41, 5.74) is -5.34. The third kappa shape index (κ3) is 3.19. The Morgan fingerprint density at radius 3 is 1.86 bits per heavy atom. The van der Waals surface area contributed by atoms with Gasteiger partial charge in [-0.2, -0.15) is 0 Å². The zero-order valence-electron chi connectivity index (χ0n) is 25.9. The van der Waals surface area contributed by atoms with Crippen LogP contribution in [-0.2, 0) is 38.1 Å². The highest BCUT2D eigenvalue weighted by molar-refractivity contribution is 7.16. The first-order chi connectivity index (χ1) is 20.5. The second-order valence-corrected chi connectivity index (χ2v) is 15.5. The number of aryl methyl sites for hydroxylation is 1. The van der Waals surface area contributed by atoms with E-state index >= 15 is 0 Å². The van der Waals surface area contributed by atoms with Crippen LogP contribution in [0, 0.1) is 28.6 Å². The van der Waals surface area contributed by atoms with Crippen molar-refractivity contribution in [3.05, 3.63) is 38.9 Å². The summed E-state index contributed by atoms with van der Waals surface area (Å²) in [6.45, 7) is 12.6. The fourth-order valence-corrected chi connectivity index (χ4v) is 9.41. The van der Waals surface area contributed by atoms with E-state index in [1.54, 1.807) is 19.9 Å². The van der Waals surface area contributed by atoms with E-state index in [9.17, 15) is 24.0 Å². The molecule has 5 aliphatic rings. The van der Waals surface area contributed by atoms with E-state index in [1.165, 1.54) is 6.07 Å². The summed E-state index contributed by atoms with van der Waals surface area (Å²) in [4.78, 5) is 66.9. The summed E-state index contributed by atoms with van der Waals surface area (Å²) >= 11 is 0.980. The first-order valence-corrected chi connectivity index (χ1v) is 15.9. The Bertz CT molecular complexity index is 1760. The first-order valence-electron chi connectivity index (χ1n) is 15.1. The minimum Gasteiger partial charge on any atom is -0.489 e. The van der Waals surface area contributed by atoms with Crippen molar-refractivity contribution in [1.82, 2.24) is 0 Å². The van der Waals surface area contributed by atoms with Crippen LogP contribution in [0.3, 0.4) is 0 Å². The van der Waals surface area contributed by atoms with E-state index in [1.807, 2.05) is 40.7 Å². The summed E-state index contributed by atoms with van der Waals surface area (Å²) < 4.78 is 30.4. The second-order valence-electron chi connectivity index (χ2n) is 14.5. The largest absolute Gasteiger partial charge is 0.489 e. The van der Waals surface area contributed by atoms with Crippen LogP contribution in [0.15, 0.2) is 23.0 Å². The van der Waals surface area contributed by atoms with Crippen molar-refractivity contribution >= 4 is 45.3 Å². The molecule has 2 saturated carbocycles. The number of benzene rings is 1. The molecule has 3 aliphatic heterocycles. The maximum atomic E-state index is 14.3. The molecule has 44 heavy (non-hydrogen) atoms. The average molecular weight is 625 g/mol. The van der Waals surface area contributed by atoms with Crippen molar-refractivity contribution in [2.75, 3.05) is 6.61 Å². The number of carbonyl (C=O) groups is 4. The molecule has 0 radical (unpaired) electrons. The molecular formula is C33H36O10S. The van der Waals surface area contributed by atoms with E-state index in [0.717, 1.165) is 22.3 Å². The molecular weight excluding hydrogens is 588 g/mol. The summed E-state index contributed by atoms with van der Waals surface area (Å²) in [7, 11) is 0. The summed E-state index contributed by atoms with van der Waals surface area (Å²) in [5.74, 6) is -1.99. The van der Waals surface area contributed by atoms with Gasteiger partial charge < -0.3 is 23.7 Å². The predicted molar refractivity (Wildman–Crippen MR) is 157 cm³/mol. The Morgan fingerprint density at radius 1 is 0.818 bits per heavy atom. The van der Waals surface area contributed by atoms with Gasteiger partial charge in [0.15, 0.2) is 12.2 Å². The minimum absolute atomic E-state index is 0.154. The van der Waals surface area contributed by atoms with Crippen LogP contribution in [-0.4, -0.2) is 47.8 Å². The highest BCUT2D eigenvalue weighted by Crippen LogP contribution is 2.67. The minimum atomic E-state index is -1.53. The Morgan fingerprint density at radius 2 is 1.36 bits per heavy atom. The fourth-order valence-electron chi connectivity index (χ4n) is 8.31. The zero-order chi connectivity index (χ0) is 31.8. The quantitative estimate of drug-likeness (QED) is 0.348. The molecule has 2 saturated heterocycles. The molecule has 4 unspecified atom stereocenters. The normalized spacial score (nSPS) is 37.2. The molecule has 0 spiro atoms. The molecule has 0 amide bonds. The second kappa shape index (κ2) is 8.62. The third-order valence-corrected chi connectivity index (χ3v) is 13.4. The highest BCUT2D eigenvalue weighted by Gasteiger charge is 2.78. The molecule has 1 aromatic heterocycles. The Hall–Kier alpha value is -3.47. The predicted octanol–water partition coefficient (Wildman–Crippen LogP) is 4.70. The van der Waals surface area contributed by atoms with E-state index in [4.69, 9.17) is 23.7 Å². The molecule has 7 rings (SSSR count). The molecule has 0 N–H and O–H groups in total. The molecule has 4 fully saturated rings. The number of hydrogen-bond acceptors (Lipinski definition) is 11. The van der Waals surface area contributed by atoms with Crippen molar-refractivity contribution < 1.29 is 42.9 Å².